The molecule has 0 aromatic carbocycles. The Labute approximate surface area is 121 Å². The fourth-order valence-corrected chi connectivity index (χ4v) is 3.11. The second-order valence-electron chi connectivity index (χ2n) is 6.54. The third kappa shape index (κ3) is 3.20. The molecule has 0 spiro atoms. The van der Waals surface area contributed by atoms with E-state index >= 15 is 0 Å². The lowest BCUT2D eigenvalue weighted by molar-refractivity contribution is 0.0769. The van der Waals surface area contributed by atoms with Gasteiger partial charge in [-0.25, -0.2) is 4.68 Å². The Morgan fingerprint density at radius 1 is 1.35 bits per heavy atom. The maximum atomic E-state index is 5.79. The van der Waals surface area contributed by atoms with Crippen LogP contribution in [0.5, 0.6) is 0 Å². The van der Waals surface area contributed by atoms with Crippen LogP contribution in [0.4, 0.5) is 0 Å². The van der Waals surface area contributed by atoms with E-state index in [-0.39, 0.29) is 0 Å². The van der Waals surface area contributed by atoms with Gasteiger partial charge < -0.3 is 4.74 Å². The summed E-state index contributed by atoms with van der Waals surface area (Å²) < 4.78 is 7.73. The van der Waals surface area contributed by atoms with Gasteiger partial charge in [-0.3, -0.25) is 4.90 Å². The predicted molar refractivity (Wildman–Crippen MR) is 77.3 cm³/mol. The minimum atomic E-state index is 0.381. The minimum Gasteiger partial charge on any atom is -0.380 e. The molecule has 0 radical (unpaired) electrons. The first-order valence-corrected chi connectivity index (χ1v) is 7.93. The van der Waals surface area contributed by atoms with Crippen LogP contribution in [0.3, 0.4) is 0 Å². The normalized spacial score (nSPS) is 25.6. The van der Waals surface area contributed by atoms with Gasteiger partial charge in [0.25, 0.3) is 0 Å². The summed E-state index contributed by atoms with van der Waals surface area (Å²) in [7, 11) is 0. The summed E-state index contributed by atoms with van der Waals surface area (Å²) in [5, 5.41) is 8.49. The fraction of sp³-hybridized carbons (Fsp3) is 0.867. The van der Waals surface area contributed by atoms with Gasteiger partial charge >= 0.3 is 0 Å². The Balaban J connectivity index is 1.59. The lowest BCUT2D eigenvalue weighted by atomic mass is 9.76. The number of ether oxygens (including phenoxy) is 1. The van der Waals surface area contributed by atoms with Gasteiger partial charge in [-0.2, -0.15) is 0 Å². The standard InChI is InChI=1S/C15H26N4O/c1-12(2)19-10-15(16-17-19)9-18-6-7-20-11-14(8-18)13-4-3-5-13/h10,12-14H,3-9,11H2,1-2H3. The molecule has 1 aromatic rings. The molecule has 2 heterocycles. The van der Waals surface area contributed by atoms with Gasteiger partial charge in [-0.15, -0.1) is 5.10 Å². The predicted octanol–water partition coefficient (Wildman–Crippen LogP) is 2.11. The van der Waals surface area contributed by atoms with Crippen molar-refractivity contribution in [2.45, 2.75) is 45.7 Å². The molecule has 1 aromatic heterocycles. The molecule has 5 heteroatoms. The molecule has 2 fully saturated rings. The Morgan fingerprint density at radius 2 is 2.20 bits per heavy atom. The SMILES string of the molecule is CC(C)n1cc(CN2CCOCC(C3CCC3)C2)nn1. The van der Waals surface area contributed by atoms with Crippen LogP contribution in [0.1, 0.15) is 44.8 Å². The first-order valence-electron chi connectivity index (χ1n) is 7.93. The average Bonchev–Trinajstić information content (AvgIpc) is 2.69. The van der Waals surface area contributed by atoms with Gasteiger partial charge in [0.1, 0.15) is 0 Å². The average molecular weight is 278 g/mol. The lowest BCUT2D eigenvalue weighted by Gasteiger charge is -2.34. The van der Waals surface area contributed by atoms with Crippen LogP contribution in [-0.2, 0) is 11.3 Å². The molecule has 0 amide bonds. The van der Waals surface area contributed by atoms with Crippen LogP contribution in [0, 0.1) is 11.8 Å². The summed E-state index contributed by atoms with van der Waals surface area (Å²) in [4.78, 5) is 2.49. The summed E-state index contributed by atoms with van der Waals surface area (Å²) in [6.45, 7) is 9.12. The van der Waals surface area contributed by atoms with E-state index in [1.807, 2.05) is 4.68 Å². The number of rotatable bonds is 4. The Bertz CT molecular complexity index is 427. The first-order chi connectivity index (χ1) is 9.72. The van der Waals surface area contributed by atoms with E-state index in [0.29, 0.717) is 12.0 Å². The zero-order valence-corrected chi connectivity index (χ0v) is 12.7. The van der Waals surface area contributed by atoms with Crippen LogP contribution in [-0.4, -0.2) is 46.2 Å². The Hall–Kier alpha value is -0.940. The quantitative estimate of drug-likeness (QED) is 0.846. The number of aromatic nitrogens is 3. The molecule has 1 saturated heterocycles. The molecule has 0 N–H and O–H groups in total. The van der Waals surface area contributed by atoms with Crippen molar-refractivity contribution in [3.8, 4) is 0 Å². The van der Waals surface area contributed by atoms with Crippen LogP contribution in [0.25, 0.3) is 0 Å². The summed E-state index contributed by atoms with van der Waals surface area (Å²) >= 11 is 0. The second-order valence-corrected chi connectivity index (χ2v) is 6.54. The third-order valence-electron chi connectivity index (χ3n) is 4.67. The van der Waals surface area contributed by atoms with Crippen molar-refractivity contribution in [2.24, 2.45) is 11.8 Å². The Morgan fingerprint density at radius 3 is 2.85 bits per heavy atom. The Kier molecular flexibility index (Phi) is 4.36. The summed E-state index contributed by atoms with van der Waals surface area (Å²) in [5.74, 6) is 1.60. The second kappa shape index (κ2) is 6.22. The summed E-state index contributed by atoms with van der Waals surface area (Å²) in [6.07, 6.45) is 6.27. The highest BCUT2D eigenvalue weighted by atomic mass is 16.5. The molecular formula is C15H26N4O. The van der Waals surface area contributed by atoms with E-state index in [1.165, 1.54) is 19.3 Å². The zero-order valence-electron chi connectivity index (χ0n) is 12.7. The molecule has 1 saturated carbocycles. The molecule has 20 heavy (non-hydrogen) atoms. The van der Waals surface area contributed by atoms with Gasteiger partial charge in [0.15, 0.2) is 0 Å². The van der Waals surface area contributed by atoms with Crippen molar-refractivity contribution in [3.63, 3.8) is 0 Å². The zero-order chi connectivity index (χ0) is 13.9. The van der Waals surface area contributed by atoms with Crippen LogP contribution in [0.15, 0.2) is 6.20 Å². The molecule has 5 nitrogen and oxygen atoms in total. The van der Waals surface area contributed by atoms with Crippen molar-refractivity contribution in [3.05, 3.63) is 11.9 Å². The maximum absolute atomic E-state index is 5.79. The largest absolute Gasteiger partial charge is 0.380 e. The molecule has 1 unspecified atom stereocenters. The smallest absolute Gasteiger partial charge is 0.0967 e. The molecule has 112 valence electrons. The van der Waals surface area contributed by atoms with E-state index in [2.05, 4.69) is 35.3 Å². The summed E-state index contributed by atoms with van der Waals surface area (Å²) in [5.41, 5.74) is 1.08. The number of hydrogen-bond donors (Lipinski definition) is 0. The van der Waals surface area contributed by atoms with Gasteiger partial charge in [-0.1, -0.05) is 24.5 Å². The highest BCUT2D eigenvalue weighted by molar-refractivity contribution is 4.94. The van der Waals surface area contributed by atoms with Crippen LogP contribution in [0.2, 0.25) is 0 Å². The van der Waals surface area contributed by atoms with E-state index in [4.69, 9.17) is 4.74 Å². The van der Waals surface area contributed by atoms with E-state index in [1.54, 1.807) is 0 Å². The van der Waals surface area contributed by atoms with E-state index in [0.717, 1.165) is 44.5 Å². The van der Waals surface area contributed by atoms with Gasteiger partial charge in [-0.05, 0) is 25.7 Å². The highest BCUT2D eigenvalue weighted by Gasteiger charge is 2.30. The molecule has 1 aliphatic heterocycles. The third-order valence-corrected chi connectivity index (χ3v) is 4.67. The molecule has 1 aliphatic carbocycles. The van der Waals surface area contributed by atoms with Crippen molar-refractivity contribution in [2.75, 3.05) is 26.3 Å². The topological polar surface area (TPSA) is 43.2 Å². The molecular weight excluding hydrogens is 252 g/mol. The minimum absolute atomic E-state index is 0.381. The number of nitrogens with zero attached hydrogens (tertiary/aromatic N) is 4. The van der Waals surface area contributed by atoms with E-state index in [9.17, 15) is 0 Å². The van der Waals surface area contributed by atoms with Gasteiger partial charge in [0.05, 0.1) is 25.1 Å². The van der Waals surface area contributed by atoms with Gasteiger partial charge in [0, 0.05) is 25.7 Å². The monoisotopic (exact) mass is 278 g/mol. The first kappa shape index (κ1) is 14.0. The molecule has 2 aliphatic rings. The van der Waals surface area contributed by atoms with E-state index < -0.39 is 0 Å². The van der Waals surface area contributed by atoms with Gasteiger partial charge in [0.2, 0.25) is 0 Å². The molecule has 3 rings (SSSR count). The maximum Gasteiger partial charge on any atom is 0.0967 e. The highest BCUT2D eigenvalue weighted by Crippen LogP contribution is 2.34. The van der Waals surface area contributed by atoms with Crippen LogP contribution < -0.4 is 0 Å². The van der Waals surface area contributed by atoms with Crippen molar-refractivity contribution in [1.29, 1.82) is 0 Å². The fourth-order valence-electron chi connectivity index (χ4n) is 3.11. The molecule has 1 atom stereocenters. The lowest BCUT2D eigenvalue weighted by Crippen LogP contribution is -2.35. The van der Waals surface area contributed by atoms with Crippen LogP contribution >= 0.6 is 0 Å². The number of hydrogen-bond acceptors (Lipinski definition) is 4. The van der Waals surface area contributed by atoms with Crippen molar-refractivity contribution in [1.82, 2.24) is 19.9 Å². The van der Waals surface area contributed by atoms with Crippen molar-refractivity contribution < 1.29 is 4.74 Å². The van der Waals surface area contributed by atoms with Crippen molar-refractivity contribution >= 4 is 0 Å². The molecule has 0 bridgehead atoms. The summed E-state index contributed by atoms with van der Waals surface area (Å²) in [6, 6.07) is 0.381.